The lowest BCUT2D eigenvalue weighted by atomic mass is 10.2. The van der Waals surface area contributed by atoms with Gasteiger partial charge in [0.05, 0.1) is 24.4 Å². The summed E-state index contributed by atoms with van der Waals surface area (Å²) in [7, 11) is 3.67. The molecule has 0 radical (unpaired) electrons. The highest BCUT2D eigenvalue weighted by Gasteiger charge is 2.16. The van der Waals surface area contributed by atoms with E-state index in [0.717, 1.165) is 5.56 Å². The Kier molecular flexibility index (Phi) is 3.47. The Morgan fingerprint density at radius 3 is 2.94 bits per heavy atom. The van der Waals surface area contributed by atoms with E-state index in [1.54, 1.807) is 24.3 Å². The van der Waals surface area contributed by atoms with Crippen molar-refractivity contribution >= 4 is 5.97 Å². The number of nitrogens with zero attached hydrogens (tertiary/aromatic N) is 3. The predicted octanol–water partition coefficient (Wildman–Crippen LogP) is 1.34. The van der Waals surface area contributed by atoms with Crippen LogP contribution in [0.2, 0.25) is 0 Å². The average molecular weight is 249 g/mol. The molecule has 0 aliphatic carbocycles. The normalized spacial score (nSPS) is 11.1. The highest BCUT2D eigenvalue weighted by Crippen LogP contribution is 2.12. The van der Waals surface area contributed by atoms with Crippen LogP contribution in [0.25, 0.3) is 0 Å². The maximum atomic E-state index is 11.0. The van der Waals surface area contributed by atoms with Crippen LogP contribution >= 0.6 is 0 Å². The first-order valence-corrected chi connectivity index (χ1v) is 5.51. The van der Waals surface area contributed by atoms with Crippen molar-refractivity contribution in [2.45, 2.75) is 13.1 Å². The van der Waals surface area contributed by atoms with Gasteiger partial charge in [-0.05, 0) is 13.1 Å². The molecule has 0 bridgehead atoms. The molecule has 0 amide bonds. The topological polar surface area (TPSA) is 71.5 Å². The van der Waals surface area contributed by atoms with E-state index in [-0.39, 0.29) is 5.56 Å². The maximum absolute atomic E-state index is 11.0. The van der Waals surface area contributed by atoms with Crippen molar-refractivity contribution in [1.29, 1.82) is 0 Å². The Morgan fingerprint density at radius 1 is 1.56 bits per heavy atom. The maximum Gasteiger partial charge on any atom is 0.339 e. The first-order chi connectivity index (χ1) is 8.58. The minimum atomic E-state index is -0.949. The van der Waals surface area contributed by atoms with Crippen LogP contribution in [0, 0.1) is 0 Å². The highest BCUT2D eigenvalue weighted by molar-refractivity contribution is 5.88. The van der Waals surface area contributed by atoms with Crippen LogP contribution in [0.1, 0.15) is 21.6 Å². The van der Waals surface area contributed by atoms with E-state index in [1.807, 2.05) is 18.0 Å². The molecule has 0 atom stereocenters. The van der Waals surface area contributed by atoms with Gasteiger partial charge in [-0.2, -0.15) is 5.10 Å². The Labute approximate surface area is 104 Å². The smallest absolute Gasteiger partial charge is 0.339 e. The predicted molar refractivity (Wildman–Crippen MR) is 64.0 cm³/mol. The highest BCUT2D eigenvalue weighted by atomic mass is 16.4. The van der Waals surface area contributed by atoms with Gasteiger partial charge >= 0.3 is 5.97 Å². The second-order valence-corrected chi connectivity index (χ2v) is 4.24. The number of furan rings is 1. The van der Waals surface area contributed by atoms with Crippen LogP contribution in [0.3, 0.4) is 0 Å². The fraction of sp³-hybridized carbons (Fsp3) is 0.333. The third-order valence-electron chi connectivity index (χ3n) is 2.74. The number of carboxylic acids is 1. The molecule has 0 saturated heterocycles. The van der Waals surface area contributed by atoms with Crippen molar-refractivity contribution in [2.24, 2.45) is 7.05 Å². The van der Waals surface area contributed by atoms with Gasteiger partial charge in [0.1, 0.15) is 5.56 Å². The number of aryl methyl sites for hydroxylation is 1. The van der Waals surface area contributed by atoms with Crippen LogP contribution < -0.4 is 0 Å². The van der Waals surface area contributed by atoms with Crippen molar-refractivity contribution in [3.05, 3.63) is 41.6 Å². The second kappa shape index (κ2) is 5.05. The molecule has 0 aromatic carbocycles. The zero-order valence-electron chi connectivity index (χ0n) is 10.3. The van der Waals surface area contributed by atoms with Gasteiger partial charge in [-0.3, -0.25) is 9.58 Å². The van der Waals surface area contributed by atoms with Gasteiger partial charge < -0.3 is 9.52 Å². The number of hydrogen-bond acceptors (Lipinski definition) is 4. The fourth-order valence-electron chi connectivity index (χ4n) is 1.83. The lowest BCUT2D eigenvalue weighted by molar-refractivity contribution is 0.0694. The standard InChI is InChI=1S/C12H15N3O3/c1-14(6-9-3-4-18-8-9)7-11-10(12(16)17)5-13-15(11)2/h3-5,8H,6-7H2,1-2H3,(H,16,17). The van der Waals surface area contributed by atoms with Gasteiger partial charge in [-0.25, -0.2) is 4.79 Å². The molecule has 2 rings (SSSR count). The number of carbonyl (C=O) groups is 1. The van der Waals surface area contributed by atoms with Crippen LogP contribution in [-0.4, -0.2) is 32.8 Å². The lowest BCUT2D eigenvalue weighted by Gasteiger charge is -2.16. The molecule has 2 aromatic rings. The van der Waals surface area contributed by atoms with Gasteiger partial charge in [0.15, 0.2) is 0 Å². The molecule has 0 unspecified atom stereocenters. The van der Waals surface area contributed by atoms with Crippen LogP contribution in [0.5, 0.6) is 0 Å². The molecular formula is C12H15N3O3. The van der Waals surface area contributed by atoms with Crippen LogP contribution in [0.4, 0.5) is 0 Å². The van der Waals surface area contributed by atoms with Gasteiger partial charge in [0.2, 0.25) is 0 Å². The molecule has 0 aliphatic heterocycles. The van der Waals surface area contributed by atoms with E-state index >= 15 is 0 Å². The Balaban J connectivity index is 2.09. The van der Waals surface area contributed by atoms with E-state index in [4.69, 9.17) is 9.52 Å². The lowest BCUT2D eigenvalue weighted by Crippen LogP contribution is -2.20. The number of rotatable bonds is 5. The fourth-order valence-corrected chi connectivity index (χ4v) is 1.83. The minimum Gasteiger partial charge on any atom is -0.478 e. The van der Waals surface area contributed by atoms with Gasteiger partial charge in [-0.1, -0.05) is 0 Å². The summed E-state index contributed by atoms with van der Waals surface area (Å²) in [6.45, 7) is 1.21. The molecule has 6 heteroatoms. The zero-order valence-corrected chi connectivity index (χ0v) is 10.3. The molecule has 96 valence electrons. The largest absolute Gasteiger partial charge is 0.478 e. The minimum absolute atomic E-state index is 0.247. The summed E-state index contributed by atoms with van der Waals surface area (Å²) < 4.78 is 6.59. The molecular weight excluding hydrogens is 234 g/mol. The molecule has 0 saturated carbocycles. The zero-order chi connectivity index (χ0) is 13.1. The SMILES string of the molecule is CN(Cc1ccoc1)Cc1c(C(=O)O)cnn1C. The summed E-state index contributed by atoms with van der Waals surface area (Å²) in [5, 5.41) is 13.0. The van der Waals surface area contributed by atoms with E-state index in [0.29, 0.717) is 18.8 Å². The molecule has 6 nitrogen and oxygen atoms in total. The van der Waals surface area contributed by atoms with E-state index < -0.39 is 5.97 Å². The third kappa shape index (κ3) is 2.60. The Hall–Kier alpha value is -2.08. The molecule has 2 heterocycles. The van der Waals surface area contributed by atoms with Crippen molar-refractivity contribution in [3.8, 4) is 0 Å². The number of carboxylic acid groups (broad SMARTS) is 1. The van der Waals surface area contributed by atoms with Crippen molar-refractivity contribution in [1.82, 2.24) is 14.7 Å². The van der Waals surface area contributed by atoms with Gasteiger partial charge in [-0.15, -0.1) is 0 Å². The van der Waals surface area contributed by atoms with Gasteiger partial charge in [0.25, 0.3) is 0 Å². The first kappa shape index (κ1) is 12.4. The monoisotopic (exact) mass is 249 g/mol. The van der Waals surface area contributed by atoms with E-state index in [1.165, 1.54) is 6.20 Å². The van der Waals surface area contributed by atoms with Crippen LogP contribution in [-0.2, 0) is 20.1 Å². The molecule has 2 aromatic heterocycles. The molecule has 0 fully saturated rings. The van der Waals surface area contributed by atoms with E-state index in [2.05, 4.69) is 5.10 Å². The molecule has 18 heavy (non-hydrogen) atoms. The summed E-state index contributed by atoms with van der Waals surface area (Å²) in [6.07, 6.45) is 4.68. The summed E-state index contributed by atoms with van der Waals surface area (Å²) >= 11 is 0. The first-order valence-electron chi connectivity index (χ1n) is 5.51. The average Bonchev–Trinajstić information content (AvgIpc) is 2.90. The Morgan fingerprint density at radius 2 is 2.33 bits per heavy atom. The van der Waals surface area contributed by atoms with Crippen molar-refractivity contribution < 1.29 is 14.3 Å². The molecule has 0 spiro atoms. The van der Waals surface area contributed by atoms with Crippen molar-refractivity contribution in [2.75, 3.05) is 7.05 Å². The molecule has 0 aliphatic rings. The Bertz CT molecular complexity index is 531. The number of aromatic nitrogens is 2. The number of hydrogen-bond donors (Lipinski definition) is 1. The summed E-state index contributed by atoms with van der Waals surface area (Å²) in [4.78, 5) is 13.1. The van der Waals surface area contributed by atoms with Crippen molar-refractivity contribution in [3.63, 3.8) is 0 Å². The summed E-state index contributed by atoms with van der Waals surface area (Å²) in [5.74, 6) is -0.949. The number of aromatic carboxylic acids is 1. The van der Waals surface area contributed by atoms with E-state index in [9.17, 15) is 4.79 Å². The second-order valence-electron chi connectivity index (χ2n) is 4.24. The summed E-state index contributed by atoms with van der Waals surface area (Å²) in [6, 6.07) is 1.89. The quantitative estimate of drug-likeness (QED) is 0.865. The summed E-state index contributed by atoms with van der Waals surface area (Å²) in [5.41, 5.74) is 1.99. The molecule has 1 N–H and O–H groups in total. The van der Waals surface area contributed by atoms with Crippen LogP contribution in [0.15, 0.2) is 29.2 Å². The van der Waals surface area contributed by atoms with Gasteiger partial charge in [0, 0.05) is 25.7 Å². The third-order valence-corrected chi connectivity index (χ3v) is 2.74.